The molecule has 0 heterocycles. The minimum atomic E-state index is -0.320. The summed E-state index contributed by atoms with van der Waals surface area (Å²) in [5.41, 5.74) is 0. The molecule has 5 heteroatoms. The lowest BCUT2D eigenvalue weighted by Gasteiger charge is -2.05. The van der Waals surface area contributed by atoms with Gasteiger partial charge in [-0.05, 0) is 24.6 Å². The summed E-state index contributed by atoms with van der Waals surface area (Å²) in [4.78, 5) is 11.3. The second kappa shape index (κ2) is 6.36. The maximum absolute atomic E-state index is 11.3. The Kier molecular flexibility index (Phi) is 5.43. The Hall–Kier alpha value is -0.250. The highest BCUT2D eigenvalue weighted by Gasteiger charge is 2.07. The molecule has 82 valence electrons. The van der Waals surface area contributed by atoms with E-state index in [9.17, 15) is 4.79 Å². The lowest BCUT2D eigenvalue weighted by atomic mass is 10.3. The van der Waals surface area contributed by atoms with Crippen LogP contribution in [0.3, 0.4) is 0 Å². The average molecular weight is 312 g/mol. The molecular weight excluding hydrogens is 303 g/mol. The van der Waals surface area contributed by atoms with Crippen molar-refractivity contribution in [1.29, 1.82) is 0 Å². The van der Waals surface area contributed by atoms with Crippen molar-refractivity contribution in [1.82, 2.24) is 0 Å². The van der Waals surface area contributed by atoms with Gasteiger partial charge in [0, 0.05) is 16.8 Å². The van der Waals surface area contributed by atoms with E-state index in [1.54, 1.807) is 18.2 Å². The molecule has 1 aromatic carbocycles. The molecule has 15 heavy (non-hydrogen) atoms. The molecule has 0 saturated carbocycles. The van der Waals surface area contributed by atoms with Gasteiger partial charge in [-0.3, -0.25) is 4.79 Å². The number of hydrogen-bond donors (Lipinski definition) is 0. The number of halogens is 3. The quantitative estimate of drug-likeness (QED) is 0.477. The Morgan fingerprint density at radius 3 is 2.80 bits per heavy atom. The van der Waals surface area contributed by atoms with Crippen molar-refractivity contribution in [2.45, 2.75) is 12.8 Å². The predicted octanol–water partition coefficient (Wildman–Crippen LogP) is 4.03. The van der Waals surface area contributed by atoms with Crippen molar-refractivity contribution >= 4 is 45.1 Å². The van der Waals surface area contributed by atoms with Crippen LogP contribution >= 0.6 is 39.1 Å². The van der Waals surface area contributed by atoms with E-state index in [1.165, 1.54) is 0 Å². The summed E-state index contributed by atoms with van der Waals surface area (Å²) < 4.78 is 5.89. The first kappa shape index (κ1) is 12.8. The molecule has 0 saturated heterocycles. The zero-order valence-corrected chi connectivity index (χ0v) is 10.9. The number of carbonyl (C=O) groups excluding carboxylic acids is 1. The number of hydrogen-bond acceptors (Lipinski definition) is 2. The van der Waals surface area contributed by atoms with E-state index in [0.717, 1.165) is 4.47 Å². The number of alkyl halides is 1. The average Bonchev–Trinajstić information content (AvgIpc) is 2.19. The molecule has 0 aliphatic rings. The maximum Gasteiger partial charge on any atom is 0.311 e. The van der Waals surface area contributed by atoms with E-state index in [1.807, 2.05) is 0 Å². The number of ether oxygens (including phenoxy) is 1. The Morgan fingerprint density at radius 1 is 1.47 bits per heavy atom. The highest BCUT2D eigenvalue weighted by atomic mass is 79.9. The third kappa shape index (κ3) is 4.41. The van der Waals surface area contributed by atoms with E-state index in [0.29, 0.717) is 29.5 Å². The second-order valence-corrected chi connectivity index (χ2v) is 4.54. The van der Waals surface area contributed by atoms with Gasteiger partial charge in [0.15, 0.2) is 0 Å². The molecule has 0 spiro atoms. The van der Waals surface area contributed by atoms with Crippen molar-refractivity contribution in [2.75, 3.05) is 5.88 Å². The minimum Gasteiger partial charge on any atom is -0.425 e. The van der Waals surface area contributed by atoms with Gasteiger partial charge in [-0.1, -0.05) is 27.5 Å². The highest BCUT2D eigenvalue weighted by molar-refractivity contribution is 9.10. The van der Waals surface area contributed by atoms with Crippen LogP contribution in [0.5, 0.6) is 5.75 Å². The number of benzene rings is 1. The molecule has 0 radical (unpaired) electrons. The van der Waals surface area contributed by atoms with Crippen LogP contribution in [0.1, 0.15) is 12.8 Å². The van der Waals surface area contributed by atoms with E-state index in [4.69, 9.17) is 27.9 Å². The summed E-state index contributed by atoms with van der Waals surface area (Å²) in [5, 5.41) is 0.406. The van der Waals surface area contributed by atoms with Crippen LogP contribution in [-0.4, -0.2) is 11.8 Å². The number of carbonyl (C=O) groups is 1. The van der Waals surface area contributed by atoms with Crippen LogP contribution in [0.2, 0.25) is 5.02 Å². The summed E-state index contributed by atoms with van der Waals surface area (Å²) in [6.45, 7) is 0. The summed E-state index contributed by atoms with van der Waals surface area (Å²) in [5.74, 6) is 0.503. The van der Waals surface area contributed by atoms with Crippen LogP contribution in [0.15, 0.2) is 22.7 Å². The maximum atomic E-state index is 11.3. The van der Waals surface area contributed by atoms with E-state index in [-0.39, 0.29) is 5.97 Å². The van der Waals surface area contributed by atoms with E-state index < -0.39 is 0 Å². The molecule has 0 aliphatic heterocycles. The molecule has 0 fully saturated rings. The molecule has 0 aromatic heterocycles. The van der Waals surface area contributed by atoms with Crippen molar-refractivity contribution in [3.8, 4) is 5.75 Å². The third-order valence-electron chi connectivity index (χ3n) is 1.63. The predicted molar refractivity (Wildman–Crippen MR) is 64.7 cm³/mol. The molecule has 0 aliphatic carbocycles. The fourth-order valence-corrected chi connectivity index (χ4v) is 1.79. The van der Waals surface area contributed by atoms with Gasteiger partial charge in [-0.25, -0.2) is 0 Å². The smallest absolute Gasteiger partial charge is 0.311 e. The lowest BCUT2D eigenvalue weighted by molar-refractivity contribution is -0.134. The Bertz CT molecular complexity index is 355. The first-order valence-electron chi connectivity index (χ1n) is 4.35. The number of esters is 1. The molecule has 0 atom stereocenters. The van der Waals surface area contributed by atoms with Gasteiger partial charge in [-0.15, -0.1) is 11.6 Å². The Labute approximate surface area is 107 Å². The second-order valence-electron chi connectivity index (χ2n) is 2.84. The fourth-order valence-electron chi connectivity index (χ4n) is 0.943. The van der Waals surface area contributed by atoms with Gasteiger partial charge in [0.1, 0.15) is 5.75 Å². The first-order valence-corrected chi connectivity index (χ1v) is 6.05. The molecular formula is C10H9BrCl2O2. The topological polar surface area (TPSA) is 26.3 Å². The van der Waals surface area contributed by atoms with Crippen LogP contribution in [0, 0.1) is 0 Å². The summed E-state index contributed by atoms with van der Waals surface area (Å²) in [6.07, 6.45) is 0.907. The molecule has 0 unspecified atom stereocenters. The Morgan fingerprint density at radius 2 is 2.20 bits per heavy atom. The normalized spacial score (nSPS) is 10.1. The fraction of sp³-hybridized carbons (Fsp3) is 0.300. The van der Waals surface area contributed by atoms with Gasteiger partial charge in [-0.2, -0.15) is 0 Å². The molecule has 0 amide bonds. The van der Waals surface area contributed by atoms with Gasteiger partial charge >= 0.3 is 5.97 Å². The van der Waals surface area contributed by atoms with Crippen LogP contribution in [0.25, 0.3) is 0 Å². The molecule has 0 N–H and O–H groups in total. The van der Waals surface area contributed by atoms with Crippen molar-refractivity contribution in [3.05, 3.63) is 27.7 Å². The largest absolute Gasteiger partial charge is 0.425 e. The summed E-state index contributed by atoms with van der Waals surface area (Å²) in [7, 11) is 0. The van der Waals surface area contributed by atoms with Crippen LogP contribution in [0.4, 0.5) is 0 Å². The lowest BCUT2D eigenvalue weighted by Crippen LogP contribution is -2.08. The van der Waals surface area contributed by atoms with Gasteiger partial charge in [0.2, 0.25) is 0 Å². The monoisotopic (exact) mass is 310 g/mol. The zero-order valence-electron chi connectivity index (χ0n) is 7.80. The third-order valence-corrected chi connectivity index (χ3v) is 2.69. The van der Waals surface area contributed by atoms with E-state index in [2.05, 4.69) is 15.9 Å². The van der Waals surface area contributed by atoms with Crippen molar-refractivity contribution < 1.29 is 9.53 Å². The van der Waals surface area contributed by atoms with Gasteiger partial charge in [0.25, 0.3) is 0 Å². The highest BCUT2D eigenvalue weighted by Crippen LogP contribution is 2.27. The van der Waals surface area contributed by atoms with Crippen LogP contribution < -0.4 is 4.74 Å². The molecule has 1 aromatic rings. The minimum absolute atomic E-state index is 0.301. The van der Waals surface area contributed by atoms with Crippen molar-refractivity contribution in [3.63, 3.8) is 0 Å². The SMILES string of the molecule is O=C(CCCCl)Oc1ccc(Br)cc1Cl. The van der Waals surface area contributed by atoms with Crippen LogP contribution in [-0.2, 0) is 4.79 Å². The first-order chi connectivity index (χ1) is 7.13. The van der Waals surface area contributed by atoms with Gasteiger partial charge < -0.3 is 4.74 Å². The molecule has 2 nitrogen and oxygen atoms in total. The Balaban J connectivity index is 2.60. The van der Waals surface area contributed by atoms with Gasteiger partial charge in [0.05, 0.1) is 5.02 Å². The standard InChI is InChI=1S/C10H9BrCl2O2/c11-7-3-4-9(8(13)6-7)15-10(14)2-1-5-12/h3-4,6H,1-2,5H2. The zero-order chi connectivity index (χ0) is 11.3. The summed E-state index contributed by atoms with van der Waals surface area (Å²) in [6, 6.07) is 5.08. The molecule has 1 rings (SSSR count). The van der Waals surface area contributed by atoms with E-state index >= 15 is 0 Å². The summed E-state index contributed by atoms with van der Waals surface area (Å²) >= 11 is 14.6. The van der Waals surface area contributed by atoms with Crippen molar-refractivity contribution in [2.24, 2.45) is 0 Å². The number of rotatable bonds is 4. The molecule has 0 bridgehead atoms.